The SMILES string of the molecule is Cc1nnn(C)c1CCC1CCCCC1. The molecule has 3 heteroatoms. The Morgan fingerprint density at radius 1 is 1.27 bits per heavy atom. The van der Waals surface area contributed by atoms with Gasteiger partial charge in [0.15, 0.2) is 0 Å². The van der Waals surface area contributed by atoms with Gasteiger partial charge >= 0.3 is 0 Å². The monoisotopic (exact) mass is 207 g/mol. The zero-order valence-corrected chi connectivity index (χ0v) is 9.87. The second kappa shape index (κ2) is 4.77. The highest BCUT2D eigenvalue weighted by Gasteiger charge is 2.15. The van der Waals surface area contributed by atoms with E-state index in [-0.39, 0.29) is 0 Å². The number of rotatable bonds is 3. The van der Waals surface area contributed by atoms with Gasteiger partial charge in [0, 0.05) is 7.05 Å². The van der Waals surface area contributed by atoms with Crippen LogP contribution in [0.15, 0.2) is 0 Å². The molecule has 1 aromatic heterocycles. The van der Waals surface area contributed by atoms with Crippen LogP contribution in [0, 0.1) is 12.8 Å². The molecule has 0 amide bonds. The van der Waals surface area contributed by atoms with Crippen LogP contribution in [0.25, 0.3) is 0 Å². The van der Waals surface area contributed by atoms with E-state index < -0.39 is 0 Å². The molecule has 1 saturated carbocycles. The number of aryl methyl sites for hydroxylation is 2. The maximum atomic E-state index is 4.09. The van der Waals surface area contributed by atoms with E-state index in [2.05, 4.69) is 17.2 Å². The van der Waals surface area contributed by atoms with Crippen molar-refractivity contribution in [2.24, 2.45) is 13.0 Å². The van der Waals surface area contributed by atoms with Crippen molar-refractivity contribution in [3.05, 3.63) is 11.4 Å². The second-order valence-corrected chi connectivity index (χ2v) is 4.79. The Balaban J connectivity index is 1.87. The van der Waals surface area contributed by atoms with E-state index in [1.807, 2.05) is 11.7 Å². The van der Waals surface area contributed by atoms with E-state index in [0.717, 1.165) is 18.0 Å². The van der Waals surface area contributed by atoms with Gasteiger partial charge in [-0.3, -0.25) is 4.68 Å². The average molecular weight is 207 g/mol. The third kappa shape index (κ3) is 2.58. The Morgan fingerprint density at radius 3 is 2.60 bits per heavy atom. The molecule has 1 heterocycles. The van der Waals surface area contributed by atoms with Crippen LogP contribution < -0.4 is 0 Å². The Kier molecular flexibility index (Phi) is 3.39. The molecule has 15 heavy (non-hydrogen) atoms. The zero-order valence-electron chi connectivity index (χ0n) is 9.87. The van der Waals surface area contributed by atoms with Gasteiger partial charge in [-0.15, -0.1) is 5.10 Å². The molecule has 84 valence electrons. The third-order valence-corrected chi connectivity index (χ3v) is 3.65. The van der Waals surface area contributed by atoms with Crippen molar-refractivity contribution in [2.45, 2.75) is 51.9 Å². The Hall–Kier alpha value is -0.860. The van der Waals surface area contributed by atoms with Gasteiger partial charge < -0.3 is 0 Å². The maximum absolute atomic E-state index is 4.09. The molecule has 0 N–H and O–H groups in total. The van der Waals surface area contributed by atoms with Gasteiger partial charge in [-0.05, 0) is 25.7 Å². The minimum atomic E-state index is 0.952. The maximum Gasteiger partial charge on any atom is 0.0828 e. The lowest BCUT2D eigenvalue weighted by atomic mass is 9.85. The molecule has 0 saturated heterocycles. The van der Waals surface area contributed by atoms with E-state index in [1.54, 1.807) is 0 Å². The lowest BCUT2D eigenvalue weighted by Crippen LogP contribution is -2.09. The predicted molar refractivity (Wildman–Crippen MR) is 60.6 cm³/mol. The normalized spacial score (nSPS) is 18.3. The minimum absolute atomic E-state index is 0.952. The highest BCUT2D eigenvalue weighted by atomic mass is 15.4. The highest BCUT2D eigenvalue weighted by molar-refractivity contribution is 5.07. The third-order valence-electron chi connectivity index (χ3n) is 3.65. The fourth-order valence-electron chi connectivity index (χ4n) is 2.64. The van der Waals surface area contributed by atoms with Crippen molar-refractivity contribution in [3.63, 3.8) is 0 Å². The lowest BCUT2D eigenvalue weighted by molar-refractivity contribution is 0.337. The molecule has 0 bridgehead atoms. The average Bonchev–Trinajstić information content (AvgIpc) is 2.58. The molecular weight excluding hydrogens is 186 g/mol. The summed E-state index contributed by atoms with van der Waals surface area (Å²) in [6, 6.07) is 0. The van der Waals surface area contributed by atoms with Crippen LogP contribution in [0.5, 0.6) is 0 Å². The molecule has 1 aromatic rings. The number of nitrogens with zero attached hydrogens (tertiary/aromatic N) is 3. The topological polar surface area (TPSA) is 30.7 Å². The summed E-state index contributed by atoms with van der Waals surface area (Å²) in [4.78, 5) is 0. The first kappa shape index (κ1) is 10.7. The van der Waals surface area contributed by atoms with Crippen molar-refractivity contribution < 1.29 is 0 Å². The number of aromatic nitrogens is 3. The summed E-state index contributed by atoms with van der Waals surface area (Å²) in [7, 11) is 2.00. The van der Waals surface area contributed by atoms with Gasteiger partial charge in [0.1, 0.15) is 0 Å². The van der Waals surface area contributed by atoms with Crippen molar-refractivity contribution in [3.8, 4) is 0 Å². The van der Waals surface area contributed by atoms with E-state index >= 15 is 0 Å². The van der Waals surface area contributed by atoms with Gasteiger partial charge in [-0.25, -0.2) is 0 Å². The summed E-state index contributed by atoms with van der Waals surface area (Å²) in [6.45, 7) is 2.06. The zero-order chi connectivity index (χ0) is 10.7. The first-order valence-corrected chi connectivity index (χ1v) is 6.12. The Bertz CT molecular complexity index is 291. The Labute approximate surface area is 91.9 Å². The van der Waals surface area contributed by atoms with Crippen molar-refractivity contribution in [1.82, 2.24) is 15.0 Å². The van der Waals surface area contributed by atoms with Gasteiger partial charge in [0.25, 0.3) is 0 Å². The molecule has 0 aliphatic heterocycles. The smallest absolute Gasteiger partial charge is 0.0828 e. The molecule has 0 atom stereocenters. The molecule has 2 rings (SSSR count). The predicted octanol–water partition coefficient (Wildman–Crippen LogP) is 2.64. The summed E-state index contributed by atoms with van der Waals surface area (Å²) >= 11 is 0. The first-order valence-electron chi connectivity index (χ1n) is 6.12. The summed E-state index contributed by atoms with van der Waals surface area (Å²) in [5, 5.41) is 8.14. The summed E-state index contributed by atoms with van der Waals surface area (Å²) in [5.41, 5.74) is 2.42. The van der Waals surface area contributed by atoms with E-state index in [9.17, 15) is 0 Å². The molecule has 0 radical (unpaired) electrons. The van der Waals surface area contributed by atoms with E-state index in [4.69, 9.17) is 0 Å². The van der Waals surface area contributed by atoms with Crippen LogP contribution in [0.1, 0.15) is 49.9 Å². The molecule has 3 nitrogen and oxygen atoms in total. The van der Waals surface area contributed by atoms with Gasteiger partial charge in [-0.1, -0.05) is 37.3 Å². The standard InChI is InChI=1S/C12H21N3/c1-10-12(15(2)14-13-10)9-8-11-6-4-3-5-7-11/h11H,3-9H2,1-2H3. The van der Waals surface area contributed by atoms with Crippen molar-refractivity contribution >= 4 is 0 Å². The molecule has 0 spiro atoms. The highest BCUT2D eigenvalue weighted by Crippen LogP contribution is 2.27. The van der Waals surface area contributed by atoms with Crippen LogP contribution in [-0.4, -0.2) is 15.0 Å². The molecule has 1 aliphatic rings. The van der Waals surface area contributed by atoms with Crippen LogP contribution in [0.2, 0.25) is 0 Å². The van der Waals surface area contributed by atoms with Gasteiger partial charge in [-0.2, -0.15) is 0 Å². The number of hydrogen-bond donors (Lipinski definition) is 0. The quantitative estimate of drug-likeness (QED) is 0.763. The largest absolute Gasteiger partial charge is 0.252 e. The van der Waals surface area contributed by atoms with E-state index in [0.29, 0.717) is 0 Å². The lowest BCUT2D eigenvalue weighted by Gasteiger charge is -2.21. The van der Waals surface area contributed by atoms with Crippen LogP contribution in [0.3, 0.4) is 0 Å². The minimum Gasteiger partial charge on any atom is -0.252 e. The summed E-state index contributed by atoms with van der Waals surface area (Å²) in [5.74, 6) is 0.952. The molecule has 1 fully saturated rings. The fraction of sp³-hybridized carbons (Fsp3) is 0.833. The van der Waals surface area contributed by atoms with Crippen molar-refractivity contribution in [2.75, 3.05) is 0 Å². The fourth-order valence-corrected chi connectivity index (χ4v) is 2.64. The molecular formula is C12H21N3. The van der Waals surface area contributed by atoms with Gasteiger partial charge in [0.2, 0.25) is 0 Å². The van der Waals surface area contributed by atoms with Crippen molar-refractivity contribution in [1.29, 1.82) is 0 Å². The molecule has 1 aliphatic carbocycles. The second-order valence-electron chi connectivity index (χ2n) is 4.79. The van der Waals surface area contributed by atoms with Crippen LogP contribution in [-0.2, 0) is 13.5 Å². The van der Waals surface area contributed by atoms with E-state index in [1.165, 1.54) is 44.2 Å². The van der Waals surface area contributed by atoms with Crippen LogP contribution in [0.4, 0.5) is 0 Å². The van der Waals surface area contributed by atoms with Crippen LogP contribution >= 0.6 is 0 Å². The number of hydrogen-bond acceptors (Lipinski definition) is 2. The molecule has 0 aromatic carbocycles. The summed E-state index contributed by atoms with van der Waals surface area (Å²) < 4.78 is 1.93. The van der Waals surface area contributed by atoms with Gasteiger partial charge in [0.05, 0.1) is 11.4 Å². The molecule has 0 unspecified atom stereocenters. The first-order chi connectivity index (χ1) is 7.27. The summed E-state index contributed by atoms with van der Waals surface area (Å²) in [6.07, 6.45) is 9.67. The Morgan fingerprint density at radius 2 is 2.00 bits per heavy atom.